The summed E-state index contributed by atoms with van der Waals surface area (Å²) in [6, 6.07) is 2.45. The normalized spacial score (nSPS) is 21.1. The highest BCUT2D eigenvalue weighted by molar-refractivity contribution is 14.1. The van der Waals surface area contributed by atoms with Crippen molar-refractivity contribution in [2.24, 2.45) is 0 Å². The van der Waals surface area contributed by atoms with E-state index < -0.39 is 0 Å². The van der Waals surface area contributed by atoms with Gasteiger partial charge in [-0.15, -0.1) is 11.3 Å². The zero-order chi connectivity index (χ0) is 11.5. The van der Waals surface area contributed by atoms with Crippen LogP contribution >= 0.6 is 33.9 Å². The Kier molecular flexibility index (Phi) is 4.24. The van der Waals surface area contributed by atoms with Crippen LogP contribution in [-0.4, -0.2) is 23.4 Å². The molecular formula is C12H16INOS. The number of piperidine rings is 1. The van der Waals surface area contributed by atoms with E-state index in [-0.39, 0.29) is 5.91 Å². The monoisotopic (exact) mass is 349 g/mol. The van der Waals surface area contributed by atoms with Gasteiger partial charge < -0.3 is 4.90 Å². The van der Waals surface area contributed by atoms with Gasteiger partial charge in [0.15, 0.2) is 0 Å². The number of thiophene rings is 1. The molecule has 2 heterocycles. The van der Waals surface area contributed by atoms with Crippen LogP contribution in [0.5, 0.6) is 0 Å². The fourth-order valence-corrected chi connectivity index (χ4v) is 3.60. The van der Waals surface area contributed by atoms with Crippen molar-refractivity contribution in [1.29, 1.82) is 0 Å². The first-order valence-electron chi connectivity index (χ1n) is 5.77. The molecule has 88 valence electrons. The number of amides is 1. The molecule has 2 nitrogen and oxygen atoms in total. The van der Waals surface area contributed by atoms with Crippen LogP contribution in [0.2, 0.25) is 0 Å². The third kappa shape index (κ3) is 2.59. The van der Waals surface area contributed by atoms with E-state index in [1.165, 1.54) is 15.7 Å². The quantitative estimate of drug-likeness (QED) is 0.745. The number of likely N-dealkylation sites (tertiary alicyclic amines) is 1. The minimum absolute atomic E-state index is 0.228. The molecule has 2 rings (SSSR count). The smallest absolute Gasteiger partial charge is 0.254 e. The van der Waals surface area contributed by atoms with Gasteiger partial charge in [-0.25, -0.2) is 0 Å². The molecule has 0 saturated carbocycles. The molecule has 4 heteroatoms. The Morgan fingerprint density at radius 2 is 2.44 bits per heavy atom. The van der Waals surface area contributed by atoms with Crippen molar-refractivity contribution in [2.75, 3.05) is 6.54 Å². The summed E-state index contributed by atoms with van der Waals surface area (Å²) in [5.41, 5.74) is 0.870. The molecular weight excluding hydrogens is 333 g/mol. The highest BCUT2D eigenvalue weighted by Gasteiger charge is 2.26. The zero-order valence-electron chi connectivity index (χ0n) is 9.41. The average molecular weight is 349 g/mol. The van der Waals surface area contributed by atoms with Crippen LogP contribution in [0, 0.1) is 2.88 Å². The standard InChI is InChI=1S/C12H16INOS/c1-2-10-5-3-4-6-14(10)12(15)9-7-11(13)16-8-9/h7-8,10H,2-6H2,1H3. The largest absolute Gasteiger partial charge is 0.336 e. The molecule has 1 amide bonds. The molecule has 0 aromatic carbocycles. The number of hydrogen-bond acceptors (Lipinski definition) is 2. The van der Waals surface area contributed by atoms with E-state index in [2.05, 4.69) is 34.4 Å². The van der Waals surface area contributed by atoms with Gasteiger partial charge >= 0.3 is 0 Å². The third-order valence-corrected chi connectivity index (χ3v) is 4.96. The van der Waals surface area contributed by atoms with E-state index in [1.807, 2.05) is 11.4 Å². The zero-order valence-corrected chi connectivity index (χ0v) is 12.4. The number of nitrogens with zero attached hydrogens (tertiary/aromatic N) is 1. The SMILES string of the molecule is CCC1CCCCN1C(=O)c1csc(I)c1. The fourth-order valence-electron chi connectivity index (χ4n) is 2.28. The predicted octanol–water partition coefficient (Wildman–Crippen LogP) is 3.76. The van der Waals surface area contributed by atoms with Gasteiger partial charge in [-0.1, -0.05) is 6.92 Å². The molecule has 1 aliphatic rings. The summed E-state index contributed by atoms with van der Waals surface area (Å²) in [6.07, 6.45) is 4.67. The summed E-state index contributed by atoms with van der Waals surface area (Å²) < 4.78 is 1.19. The molecule has 0 spiro atoms. The lowest BCUT2D eigenvalue weighted by molar-refractivity contribution is 0.0608. The van der Waals surface area contributed by atoms with Crippen molar-refractivity contribution in [1.82, 2.24) is 4.90 Å². The molecule has 0 bridgehead atoms. The molecule has 0 radical (unpaired) electrons. The fraction of sp³-hybridized carbons (Fsp3) is 0.583. The van der Waals surface area contributed by atoms with Crippen molar-refractivity contribution >= 4 is 39.8 Å². The van der Waals surface area contributed by atoms with E-state index in [4.69, 9.17) is 0 Å². The van der Waals surface area contributed by atoms with Gasteiger partial charge in [0.1, 0.15) is 0 Å². The third-order valence-electron chi connectivity index (χ3n) is 3.17. The van der Waals surface area contributed by atoms with Gasteiger partial charge in [-0.2, -0.15) is 0 Å². The van der Waals surface area contributed by atoms with Gasteiger partial charge in [0.05, 0.1) is 8.45 Å². The first kappa shape index (κ1) is 12.4. The van der Waals surface area contributed by atoms with E-state index in [9.17, 15) is 4.79 Å². The van der Waals surface area contributed by atoms with E-state index in [0.29, 0.717) is 6.04 Å². The summed E-state index contributed by atoms with van der Waals surface area (Å²) in [7, 11) is 0. The summed E-state index contributed by atoms with van der Waals surface area (Å²) in [5, 5.41) is 1.98. The molecule has 1 saturated heterocycles. The molecule has 1 fully saturated rings. The summed E-state index contributed by atoms with van der Waals surface area (Å²) in [5.74, 6) is 0.228. The van der Waals surface area contributed by atoms with Gasteiger partial charge in [0, 0.05) is 18.0 Å². The molecule has 1 unspecified atom stereocenters. The first-order chi connectivity index (χ1) is 7.72. The van der Waals surface area contributed by atoms with Crippen LogP contribution in [0.1, 0.15) is 43.0 Å². The maximum atomic E-state index is 12.3. The van der Waals surface area contributed by atoms with Crippen LogP contribution in [0.15, 0.2) is 11.4 Å². The van der Waals surface area contributed by atoms with Gasteiger partial charge in [-0.3, -0.25) is 4.79 Å². The maximum Gasteiger partial charge on any atom is 0.254 e. The van der Waals surface area contributed by atoms with Crippen molar-refractivity contribution < 1.29 is 4.79 Å². The lowest BCUT2D eigenvalue weighted by atomic mass is 9.99. The number of carbonyl (C=O) groups is 1. The van der Waals surface area contributed by atoms with E-state index in [1.54, 1.807) is 11.3 Å². The Hall–Kier alpha value is -0.100. The predicted molar refractivity (Wildman–Crippen MR) is 76.0 cm³/mol. The summed E-state index contributed by atoms with van der Waals surface area (Å²) >= 11 is 3.91. The second kappa shape index (κ2) is 5.49. The Morgan fingerprint density at radius 3 is 3.06 bits per heavy atom. The van der Waals surface area contributed by atoms with Crippen LogP contribution in [-0.2, 0) is 0 Å². The second-order valence-electron chi connectivity index (χ2n) is 4.20. The van der Waals surface area contributed by atoms with Crippen molar-refractivity contribution in [2.45, 2.75) is 38.6 Å². The minimum atomic E-state index is 0.228. The summed E-state index contributed by atoms with van der Waals surface area (Å²) in [6.45, 7) is 3.11. The minimum Gasteiger partial charge on any atom is -0.336 e. The van der Waals surface area contributed by atoms with Crippen molar-refractivity contribution in [3.8, 4) is 0 Å². The Bertz CT molecular complexity index is 377. The van der Waals surface area contributed by atoms with Crippen LogP contribution < -0.4 is 0 Å². The molecule has 0 N–H and O–H groups in total. The number of rotatable bonds is 2. The number of carbonyl (C=O) groups excluding carboxylic acids is 1. The lowest BCUT2D eigenvalue weighted by Crippen LogP contribution is -2.43. The Labute approximate surface area is 114 Å². The Balaban J connectivity index is 2.13. The molecule has 1 aromatic heterocycles. The number of halogens is 1. The molecule has 1 aromatic rings. The van der Waals surface area contributed by atoms with Crippen LogP contribution in [0.3, 0.4) is 0 Å². The lowest BCUT2D eigenvalue weighted by Gasteiger charge is -2.35. The highest BCUT2D eigenvalue weighted by atomic mass is 127. The topological polar surface area (TPSA) is 20.3 Å². The highest BCUT2D eigenvalue weighted by Crippen LogP contribution is 2.24. The molecule has 0 aliphatic carbocycles. The van der Waals surface area contributed by atoms with E-state index >= 15 is 0 Å². The first-order valence-corrected chi connectivity index (χ1v) is 7.73. The maximum absolute atomic E-state index is 12.3. The van der Waals surface area contributed by atoms with Crippen molar-refractivity contribution in [3.05, 3.63) is 19.9 Å². The van der Waals surface area contributed by atoms with Gasteiger partial charge in [0.2, 0.25) is 0 Å². The Morgan fingerprint density at radius 1 is 1.62 bits per heavy atom. The summed E-state index contributed by atoms with van der Waals surface area (Å²) in [4.78, 5) is 14.4. The average Bonchev–Trinajstić information content (AvgIpc) is 2.75. The van der Waals surface area contributed by atoms with Crippen LogP contribution in [0.25, 0.3) is 0 Å². The molecule has 16 heavy (non-hydrogen) atoms. The van der Waals surface area contributed by atoms with E-state index in [0.717, 1.165) is 24.9 Å². The molecule has 1 atom stereocenters. The van der Waals surface area contributed by atoms with Crippen LogP contribution in [0.4, 0.5) is 0 Å². The van der Waals surface area contributed by atoms with Gasteiger partial charge in [-0.05, 0) is 54.3 Å². The second-order valence-corrected chi connectivity index (χ2v) is 7.00. The van der Waals surface area contributed by atoms with Crippen molar-refractivity contribution in [3.63, 3.8) is 0 Å². The molecule has 1 aliphatic heterocycles. The number of hydrogen-bond donors (Lipinski definition) is 0. The van der Waals surface area contributed by atoms with Gasteiger partial charge in [0.25, 0.3) is 5.91 Å².